The Balaban J connectivity index is 1.67. The highest BCUT2D eigenvalue weighted by Crippen LogP contribution is 2.20. The van der Waals surface area contributed by atoms with Crippen molar-refractivity contribution in [3.8, 4) is 5.69 Å². The minimum Gasteiger partial charge on any atom is -0.322 e. The fourth-order valence-electron chi connectivity index (χ4n) is 2.38. The number of carbonyl (C=O) groups excluding carboxylic acids is 1. The largest absolute Gasteiger partial charge is 0.322 e. The molecule has 0 saturated heterocycles. The number of para-hydroxylation sites is 1. The first kappa shape index (κ1) is 19.3. The topological polar surface area (TPSA) is 93.1 Å². The van der Waals surface area contributed by atoms with Crippen LogP contribution in [0.5, 0.6) is 0 Å². The van der Waals surface area contributed by atoms with Crippen LogP contribution >= 0.6 is 0 Å². The summed E-state index contributed by atoms with van der Waals surface area (Å²) in [5.41, 5.74) is 1.62. The third-order valence-electron chi connectivity index (χ3n) is 3.58. The number of halogens is 1. The van der Waals surface area contributed by atoms with Gasteiger partial charge in [0, 0.05) is 23.5 Å². The van der Waals surface area contributed by atoms with Crippen LogP contribution in [0, 0.1) is 5.82 Å². The summed E-state index contributed by atoms with van der Waals surface area (Å²) in [4.78, 5) is 12.1. The van der Waals surface area contributed by atoms with Crippen LogP contribution in [0.2, 0.25) is 0 Å². The van der Waals surface area contributed by atoms with E-state index in [1.165, 1.54) is 18.2 Å². The van der Waals surface area contributed by atoms with E-state index in [0.717, 1.165) is 23.6 Å². The van der Waals surface area contributed by atoms with Gasteiger partial charge in [-0.2, -0.15) is 5.10 Å². The molecule has 0 spiro atoms. The molecule has 28 heavy (non-hydrogen) atoms. The van der Waals surface area contributed by atoms with E-state index in [-0.39, 0.29) is 11.4 Å². The molecule has 0 aliphatic carbocycles. The van der Waals surface area contributed by atoms with Crippen molar-refractivity contribution in [2.75, 3.05) is 16.3 Å². The molecule has 1 heterocycles. The van der Waals surface area contributed by atoms with Crippen molar-refractivity contribution in [3.05, 3.63) is 78.4 Å². The first-order valence-corrected chi connectivity index (χ1v) is 10.1. The third-order valence-corrected chi connectivity index (χ3v) is 4.17. The van der Waals surface area contributed by atoms with E-state index in [1.54, 1.807) is 23.2 Å². The van der Waals surface area contributed by atoms with Gasteiger partial charge in [-0.3, -0.25) is 9.52 Å². The zero-order chi connectivity index (χ0) is 20.1. The standard InChI is InChI=1S/C19H17FN4O3S/c1-28(26,27)23-18-11-15(8-9-17(18)20)22-19(25)10-7-14-12-21-24(13-14)16-5-3-2-4-6-16/h2-13,23H,1H3,(H,22,25)/b10-7+. The minimum atomic E-state index is -3.64. The third kappa shape index (κ3) is 5.27. The minimum absolute atomic E-state index is 0.242. The molecule has 0 aliphatic rings. The normalized spacial score (nSPS) is 11.5. The highest BCUT2D eigenvalue weighted by Gasteiger charge is 2.09. The van der Waals surface area contributed by atoms with Gasteiger partial charge in [0.05, 0.1) is 23.8 Å². The fraction of sp³-hybridized carbons (Fsp3) is 0.0526. The smallest absolute Gasteiger partial charge is 0.248 e. The quantitative estimate of drug-likeness (QED) is 0.622. The van der Waals surface area contributed by atoms with Crippen molar-refractivity contribution in [3.63, 3.8) is 0 Å². The van der Waals surface area contributed by atoms with Gasteiger partial charge in [0.25, 0.3) is 0 Å². The van der Waals surface area contributed by atoms with Crippen LogP contribution in [0.1, 0.15) is 5.56 Å². The van der Waals surface area contributed by atoms with E-state index in [1.807, 2.05) is 30.3 Å². The first-order chi connectivity index (χ1) is 13.3. The average Bonchev–Trinajstić information content (AvgIpc) is 3.11. The number of hydrogen-bond donors (Lipinski definition) is 2. The molecule has 1 amide bonds. The summed E-state index contributed by atoms with van der Waals surface area (Å²) in [5, 5.41) is 6.78. The van der Waals surface area contributed by atoms with Crippen molar-refractivity contribution in [2.24, 2.45) is 0 Å². The van der Waals surface area contributed by atoms with Crippen LogP contribution in [0.3, 0.4) is 0 Å². The second-order valence-electron chi connectivity index (χ2n) is 5.95. The number of carbonyl (C=O) groups is 1. The molecule has 3 aromatic rings. The van der Waals surface area contributed by atoms with E-state index < -0.39 is 21.7 Å². The molecule has 0 saturated carbocycles. The van der Waals surface area contributed by atoms with E-state index in [2.05, 4.69) is 15.1 Å². The van der Waals surface area contributed by atoms with Crippen LogP contribution in [-0.2, 0) is 14.8 Å². The van der Waals surface area contributed by atoms with E-state index >= 15 is 0 Å². The Morgan fingerprint density at radius 3 is 2.64 bits per heavy atom. The van der Waals surface area contributed by atoms with Gasteiger partial charge in [0.15, 0.2) is 0 Å². The average molecular weight is 400 g/mol. The summed E-state index contributed by atoms with van der Waals surface area (Å²) in [6.07, 6.45) is 7.18. The Morgan fingerprint density at radius 2 is 1.93 bits per heavy atom. The zero-order valence-electron chi connectivity index (χ0n) is 14.8. The lowest BCUT2D eigenvalue weighted by Crippen LogP contribution is -2.12. The van der Waals surface area contributed by atoms with Crippen LogP contribution in [0.15, 0.2) is 67.0 Å². The van der Waals surface area contributed by atoms with Crippen LogP contribution < -0.4 is 10.0 Å². The Bertz CT molecular complexity index is 1130. The molecule has 9 heteroatoms. The predicted molar refractivity (Wildman–Crippen MR) is 106 cm³/mol. The number of hydrogen-bond acceptors (Lipinski definition) is 4. The summed E-state index contributed by atoms with van der Waals surface area (Å²) in [5.74, 6) is -1.20. The highest BCUT2D eigenvalue weighted by atomic mass is 32.2. The maximum absolute atomic E-state index is 13.7. The Labute approximate surface area is 161 Å². The van der Waals surface area contributed by atoms with Crippen molar-refractivity contribution in [2.45, 2.75) is 0 Å². The molecule has 3 rings (SSSR count). The molecule has 1 aromatic heterocycles. The Kier molecular flexibility index (Phi) is 5.55. The van der Waals surface area contributed by atoms with Crippen molar-refractivity contribution in [1.29, 1.82) is 0 Å². The van der Waals surface area contributed by atoms with Gasteiger partial charge in [-0.1, -0.05) is 18.2 Å². The second-order valence-corrected chi connectivity index (χ2v) is 7.69. The molecule has 2 N–H and O–H groups in total. The molecular formula is C19H17FN4O3S. The lowest BCUT2D eigenvalue weighted by atomic mass is 10.2. The first-order valence-electron chi connectivity index (χ1n) is 8.17. The summed E-state index contributed by atoms with van der Waals surface area (Å²) in [6, 6.07) is 13.1. The van der Waals surface area contributed by atoms with Gasteiger partial charge in [-0.25, -0.2) is 17.5 Å². The molecule has 0 atom stereocenters. The zero-order valence-corrected chi connectivity index (χ0v) is 15.7. The fourth-order valence-corrected chi connectivity index (χ4v) is 2.94. The summed E-state index contributed by atoms with van der Waals surface area (Å²) < 4.78 is 40.0. The highest BCUT2D eigenvalue weighted by molar-refractivity contribution is 7.92. The number of anilines is 2. The van der Waals surface area contributed by atoms with E-state index in [0.29, 0.717) is 0 Å². The Morgan fingerprint density at radius 1 is 1.18 bits per heavy atom. The van der Waals surface area contributed by atoms with E-state index in [4.69, 9.17) is 0 Å². The number of amides is 1. The van der Waals surface area contributed by atoms with Gasteiger partial charge in [0.1, 0.15) is 5.82 Å². The number of benzene rings is 2. The van der Waals surface area contributed by atoms with Gasteiger partial charge in [0.2, 0.25) is 15.9 Å². The molecule has 144 valence electrons. The van der Waals surface area contributed by atoms with Gasteiger partial charge >= 0.3 is 0 Å². The predicted octanol–water partition coefficient (Wildman–Crippen LogP) is 3.03. The maximum Gasteiger partial charge on any atom is 0.248 e. The van der Waals surface area contributed by atoms with Crippen LogP contribution in [0.25, 0.3) is 11.8 Å². The number of aromatic nitrogens is 2. The number of sulfonamides is 1. The molecule has 0 aliphatic heterocycles. The van der Waals surface area contributed by atoms with Crippen molar-refractivity contribution in [1.82, 2.24) is 9.78 Å². The molecule has 2 aromatic carbocycles. The molecule has 0 fully saturated rings. The lowest BCUT2D eigenvalue weighted by Gasteiger charge is -2.08. The molecule has 0 bridgehead atoms. The number of rotatable bonds is 6. The molecular weight excluding hydrogens is 383 g/mol. The van der Waals surface area contributed by atoms with E-state index in [9.17, 15) is 17.6 Å². The number of nitrogens with one attached hydrogen (secondary N) is 2. The van der Waals surface area contributed by atoms with Crippen molar-refractivity contribution < 1.29 is 17.6 Å². The summed E-state index contributed by atoms with van der Waals surface area (Å²) in [7, 11) is -3.64. The van der Waals surface area contributed by atoms with Gasteiger partial charge in [-0.05, 0) is 36.4 Å². The van der Waals surface area contributed by atoms with Crippen molar-refractivity contribution >= 4 is 33.4 Å². The maximum atomic E-state index is 13.7. The van der Waals surface area contributed by atoms with Crippen LogP contribution in [-0.4, -0.2) is 30.4 Å². The molecule has 0 radical (unpaired) electrons. The van der Waals surface area contributed by atoms with Crippen LogP contribution in [0.4, 0.5) is 15.8 Å². The number of nitrogens with zero attached hydrogens (tertiary/aromatic N) is 2. The Hall–Kier alpha value is -3.46. The summed E-state index contributed by atoms with van der Waals surface area (Å²) >= 11 is 0. The van der Waals surface area contributed by atoms with Gasteiger partial charge in [-0.15, -0.1) is 0 Å². The molecule has 7 nitrogen and oxygen atoms in total. The second kappa shape index (κ2) is 8.05. The SMILES string of the molecule is CS(=O)(=O)Nc1cc(NC(=O)/C=C/c2cnn(-c3ccccc3)c2)ccc1F. The summed E-state index contributed by atoms with van der Waals surface area (Å²) in [6.45, 7) is 0. The monoisotopic (exact) mass is 400 g/mol. The lowest BCUT2D eigenvalue weighted by molar-refractivity contribution is -0.111. The van der Waals surface area contributed by atoms with Gasteiger partial charge < -0.3 is 5.32 Å². The molecule has 0 unspecified atom stereocenters.